The van der Waals surface area contributed by atoms with E-state index >= 15 is 0 Å². The molecule has 1 amide bonds. The van der Waals surface area contributed by atoms with E-state index in [1.807, 2.05) is 6.07 Å². The monoisotopic (exact) mass is 321 g/mol. The molecule has 0 radical (unpaired) electrons. The predicted octanol–water partition coefficient (Wildman–Crippen LogP) is 2.76. The Kier molecular flexibility index (Phi) is 6.33. The Morgan fingerprint density at radius 3 is 2.70 bits per heavy atom. The number of alkyl carbamates (subject to hydrolysis) is 1. The molecule has 0 aliphatic carbocycles. The highest BCUT2D eigenvalue weighted by molar-refractivity contribution is 5.67. The van der Waals surface area contributed by atoms with Crippen LogP contribution in [-0.4, -0.2) is 29.8 Å². The molecule has 1 aromatic carbocycles. The lowest BCUT2D eigenvalue weighted by molar-refractivity contribution is -0.385. The van der Waals surface area contributed by atoms with Crippen molar-refractivity contribution < 1.29 is 19.2 Å². The first-order chi connectivity index (χ1) is 10.7. The second kappa shape index (κ2) is 7.98. The van der Waals surface area contributed by atoms with Crippen molar-refractivity contribution in [3.63, 3.8) is 0 Å². The maximum Gasteiger partial charge on any atom is 0.407 e. The van der Waals surface area contributed by atoms with Gasteiger partial charge in [0.2, 0.25) is 0 Å². The van der Waals surface area contributed by atoms with Gasteiger partial charge in [0.25, 0.3) is 0 Å². The first-order valence-electron chi connectivity index (χ1n) is 7.01. The number of carbonyl (C=O) groups is 1. The molecule has 0 saturated carbocycles. The highest BCUT2D eigenvalue weighted by Crippen LogP contribution is 2.27. The number of ether oxygens (including phenoxy) is 2. The van der Waals surface area contributed by atoms with Gasteiger partial charge in [-0.1, -0.05) is 0 Å². The van der Waals surface area contributed by atoms with Gasteiger partial charge in [0.1, 0.15) is 5.60 Å². The zero-order valence-electron chi connectivity index (χ0n) is 13.3. The lowest BCUT2D eigenvalue weighted by Crippen LogP contribution is -2.33. The van der Waals surface area contributed by atoms with Gasteiger partial charge in [0, 0.05) is 12.6 Å². The smallest absolute Gasteiger partial charge is 0.407 e. The van der Waals surface area contributed by atoms with Crippen LogP contribution in [0.4, 0.5) is 10.5 Å². The summed E-state index contributed by atoms with van der Waals surface area (Å²) in [5.41, 5.74) is -0.635. The minimum atomic E-state index is -0.602. The third-order valence-electron chi connectivity index (χ3n) is 2.53. The first-order valence-corrected chi connectivity index (χ1v) is 7.01. The molecule has 8 heteroatoms. The molecule has 0 aliphatic rings. The van der Waals surface area contributed by atoms with E-state index in [1.165, 1.54) is 12.1 Å². The lowest BCUT2D eigenvalue weighted by Gasteiger charge is -2.19. The van der Waals surface area contributed by atoms with Crippen LogP contribution in [0.25, 0.3) is 0 Å². The fourth-order valence-corrected chi connectivity index (χ4v) is 1.61. The Morgan fingerprint density at radius 1 is 1.43 bits per heavy atom. The summed E-state index contributed by atoms with van der Waals surface area (Å²) in [5.74, 6) is 0.0891. The van der Waals surface area contributed by atoms with Gasteiger partial charge in [-0.3, -0.25) is 10.1 Å². The Balaban J connectivity index is 2.44. The third-order valence-corrected chi connectivity index (χ3v) is 2.53. The average molecular weight is 321 g/mol. The molecule has 0 aromatic heterocycles. The highest BCUT2D eigenvalue weighted by Gasteiger charge is 2.17. The van der Waals surface area contributed by atoms with Crippen molar-refractivity contribution >= 4 is 11.8 Å². The van der Waals surface area contributed by atoms with Gasteiger partial charge < -0.3 is 14.8 Å². The molecule has 1 rings (SSSR count). The zero-order valence-corrected chi connectivity index (χ0v) is 13.3. The maximum absolute atomic E-state index is 11.4. The summed E-state index contributed by atoms with van der Waals surface area (Å²) < 4.78 is 10.4. The summed E-state index contributed by atoms with van der Waals surface area (Å²) in [5, 5.41) is 22.3. The molecule has 8 nitrogen and oxygen atoms in total. The van der Waals surface area contributed by atoms with Crippen LogP contribution in [0.15, 0.2) is 18.2 Å². The van der Waals surface area contributed by atoms with Crippen molar-refractivity contribution in [1.82, 2.24) is 5.32 Å². The Labute approximate surface area is 134 Å². The zero-order chi connectivity index (χ0) is 17.5. The maximum atomic E-state index is 11.4. The number of nitrogens with zero attached hydrogens (tertiary/aromatic N) is 2. The van der Waals surface area contributed by atoms with Gasteiger partial charge in [-0.15, -0.1) is 0 Å². The normalized spacial score (nSPS) is 10.5. The van der Waals surface area contributed by atoms with Crippen LogP contribution >= 0.6 is 0 Å². The molecule has 0 heterocycles. The van der Waals surface area contributed by atoms with Crippen molar-refractivity contribution in [3.8, 4) is 11.8 Å². The molecular weight excluding hydrogens is 302 g/mol. The van der Waals surface area contributed by atoms with E-state index in [1.54, 1.807) is 20.8 Å². The Hall–Kier alpha value is -2.82. The molecule has 0 fully saturated rings. The Bertz CT molecular complexity index is 617. The molecule has 0 bridgehead atoms. The molecule has 1 N–H and O–H groups in total. The van der Waals surface area contributed by atoms with Crippen molar-refractivity contribution in [2.75, 3.05) is 13.2 Å². The number of amides is 1. The van der Waals surface area contributed by atoms with Crippen LogP contribution in [-0.2, 0) is 4.74 Å². The number of nitrogens with one attached hydrogen (secondary N) is 1. The number of hydrogen-bond acceptors (Lipinski definition) is 6. The van der Waals surface area contributed by atoms with Gasteiger partial charge in [-0.2, -0.15) is 5.26 Å². The second-order valence-corrected chi connectivity index (χ2v) is 5.68. The topological polar surface area (TPSA) is 114 Å². The SMILES string of the molecule is CC(C)(C)OC(=O)NCCCOc1ccc(C#N)cc1[N+](=O)[O-]. The van der Waals surface area contributed by atoms with E-state index in [0.717, 1.165) is 6.07 Å². The van der Waals surface area contributed by atoms with Gasteiger partial charge in [-0.05, 0) is 39.3 Å². The second-order valence-electron chi connectivity index (χ2n) is 5.68. The van der Waals surface area contributed by atoms with Crippen LogP contribution < -0.4 is 10.1 Å². The number of nitriles is 1. The molecular formula is C15H19N3O5. The van der Waals surface area contributed by atoms with Crippen molar-refractivity contribution in [3.05, 3.63) is 33.9 Å². The van der Waals surface area contributed by atoms with Crippen LogP contribution in [0.3, 0.4) is 0 Å². The highest BCUT2D eigenvalue weighted by atomic mass is 16.6. The summed E-state index contributed by atoms with van der Waals surface area (Å²) in [6.45, 7) is 5.79. The molecule has 124 valence electrons. The lowest BCUT2D eigenvalue weighted by atomic mass is 10.2. The number of carbonyl (C=O) groups excluding carboxylic acids is 1. The molecule has 0 spiro atoms. The number of nitro benzene ring substituents is 1. The average Bonchev–Trinajstić information content (AvgIpc) is 2.45. The van der Waals surface area contributed by atoms with Crippen LogP contribution in [0.2, 0.25) is 0 Å². The van der Waals surface area contributed by atoms with E-state index in [2.05, 4.69) is 5.32 Å². The van der Waals surface area contributed by atoms with Crippen molar-refractivity contribution in [1.29, 1.82) is 5.26 Å². The van der Waals surface area contributed by atoms with Crippen molar-refractivity contribution in [2.45, 2.75) is 32.8 Å². The largest absolute Gasteiger partial charge is 0.487 e. The summed E-state index contributed by atoms with van der Waals surface area (Å²) in [4.78, 5) is 21.8. The van der Waals surface area contributed by atoms with Crippen molar-refractivity contribution in [2.24, 2.45) is 0 Å². The fraction of sp³-hybridized carbons (Fsp3) is 0.467. The minimum Gasteiger partial charge on any atom is -0.487 e. The molecule has 0 unspecified atom stereocenters. The van der Waals surface area contributed by atoms with Gasteiger partial charge >= 0.3 is 11.8 Å². The van der Waals surface area contributed by atoms with Crippen LogP contribution in [0.1, 0.15) is 32.8 Å². The molecule has 0 saturated heterocycles. The summed E-state index contributed by atoms with van der Waals surface area (Å²) in [7, 11) is 0. The standard InChI is InChI=1S/C15H19N3O5/c1-15(2,3)23-14(19)17-7-4-8-22-13-6-5-11(10-16)9-12(13)18(20)21/h5-6,9H,4,7-8H2,1-3H3,(H,17,19). The molecule has 1 aromatic rings. The number of nitro groups is 1. The molecule has 0 aliphatic heterocycles. The molecule has 0 atom stereocenters. The number of hydrogen-bond donors (Lipinski definition) is 1. The molecule has 23 heavy (non-hydrogen) atoms. The van der Waals surface area contributed by atoms with E-state index < -0.39 is 16.6 Å². The van der Waals surface area contributed by atoms with E-state index in [-0.39, 0.29) is 23.6 Å². The summed E-state index contributed by atoms with van der Waals surface area (Å²) >= 11 is 0. The fourth-order valence-electron chi connectivity index (χ4n) is 1.61. The number of rotatable bonds is 6. The summed E-state index contributed by atoms with van der Waals surface area (Å²) in [6, 6.07) is 5.83. The quantitative estimate of drug-likeness (QED) is 0.489. The van der Waals surface area contributed by atoms with Crippen LogP contribution in [0, 0.1) is 21.4 Å². The third kappa shape index (κ3) is 6.65. The predicted molar refractivity (Wildman–Crippen MR) is 82.2 cm³/mol. The first kappa shape index (κ1) is 18.2. The van der Waals surface area contributed by atoms with Crippen LogP contribution in [0.5, 0.6) is 5.75 Å². The Morgan fingerprint density at radius 2 is 2.13 bits per heavy atom. The number of benzene rings is 1. The van der Waals surface area contributed by atoms with E-state index in [9.17, 15) is 14.9 Å². The minimum absolute atomic E-state index is 0.0891. The van der Waals surface area contributed by atoms with Gasteiger partial charge in [-0.25, -0.2) is 4.79 Å². The summed E-state index contributed by atoms with van der Waals surface area (Å²) in [6.07, 6.45) is -0.0713. The van der Waals surface area contributed by atoms with E-state index in [0.29, 0.717) is 13.0 Å². The van der Waals surface area contributed by atoms with E-state index in [4.69, 9.17) is 14.7 Å². The van der Waals surface area contributed by atoms with Gasteiger partial charge in [0.15, 0.2) is 5.75 Å². The van der Waals surface area contributed by atoms with Gasteiger partial charge in [0.05, 0.1) is 23.2 Å².